The highest BCUT2D eigenvalue weighted by Crippen LogP contribution is 2.26. The molecule has 0 saturated heterocycles. The molecule has 100 valence electrons. The van der Waals surface area contributed by atoms with E-state index in [0.29, 0.717) is 6.54 Å². The summed E-state index contributed by atoms with van der Waals surface area (Å²) in [7, 11) is 1.73. The molecule has 0 radical (unpaired) electrons. The molecule has 0 spiro atoms. The van der Waals surface area contributed by atoms with Crippen molar-refractivity contribution in [3.8, 4) is 11.1 Å². The summed E-state index contributed by atoms with van der Waals surface area (Å²) in [6, 6.07) is 17.0. The first-order valence-corrected chi connectivity index (χ1v) is 6.67. The molecule has 0 aliphatic heterocycles. The van der Waals surface area contributed by atoms with Crippen molar-refractivity contribution in [2.24, 2.45) is 5.73 Å². The Morgan fingerprint density at radius 3 is 2.37 bits per heavy atom. The van der Waals surface area contributed by atoms with Gasteiger partial charge in [0.25, 0.3) is 0 Å². The average Bonchev–Trinajstić information content (AvgIpc) is 2.47. The summed E-state index contributed by atoms with van der Waals surface area (Å²) in [5, 5.41) is 0. The van der Waals surface area contributed by atoms with Crippen LogP contribution in [0, 0.1) is 0 Å². The SMILES string of the molecule is COC(C)c1ccc(-c2ccccc2CCN)cc1. The topological polar surface area (TPSA) is 35.2 Å². The van der Waals surface area contributed by atoms with Gasteiger partial charge in [-0.3, -0.25) is 0 Å². The number of hydrogen-bond donors (Lipinski definition) is 1. The van der Waals surface area contributed by atoms with Gasteiger partial charge in [-0.15, -0.1) is 0 Å². The van der Waals surface area contributed by atoms with Crippen molar-refractivity contribution < 1.29 is 4.74 Å². The molecule has 19 heavy (non-hydrogen) atoms. The van der Waals surface area contributed by atoms with E-state index in [1.807, 2.05) is 0 Å². The lowest BCUT2D eigenvalue weighted by Gasteiger charge is -2.12. The van der Waals surface area contributed by atoms with E-state index >= 15 is 0 Å². The molecule has 2 nitrogen and oxygen atoms in total. The molecule has 2 aromatic rings. The van der Waals surface area contributed by atoms with Crippen molar-refractivity contribution in [1.29, 1.82) is 0 Å². The summed E-state index contributed by atoms with van der Waals surface area (Å²) in [5.41, 5.74) is 10.7. The van der Waals surface area contributed by atoms with Gasteiger partial charge < -0.3 is 10.5 Å². The smallest absolute Gasteiger partial charge is 0.0793 e. The van der Waals surface area contributed by atoms with Gasteiger partial charge >= 0.3 is 0 Å². The van der Waals surface area contributed by atoms with Gasteiger partial charge in [0.15, 0.2) is 0 Å². The number of ether oxygens (including phenoxy) is 1. The minimum atomic E-state index is 0.133. The molecule has 0 aliphatic rings. The Morgan fingerprint density at radius 1 is 1.05 bits per heavy atom. The predicted molar refractivity (Wildman–Crippen MR) is 80.1 cm³/mol. The Labute approximate surface area is 115 Å². The van der Waals surface area contributed by atoms with Gasteiger partial charge in [0.05, 0.1) is 6.10 Å². The summed E-state index contributed by atoms with van der Waals surface area (Å²) in [6.45, 7) is 2.73. The van der Waals surface area contributed by atoms with Gasteiger partial charge in [0.1, 0.15) is 0 Å². The molecule has 0 aromatic heterocycles. The van der Waals surface area contributed by atoms with Crippen molar-refractivity contribution in [3.63, 3.8) is 0 Å². The first-order valence-electron chi connectivity index (χ1n) is 6.67. The molecule has 1 atom stereocenters. The zero-order valence-electron chi connectivity index (χ0n) is 11.6. The summed E-state index contributed by atoms with van der Waals surface area (Å²) in [5.74, 6) is 0. The second-order valence-electron chi connectivity index (χ2n) is 4.70. The number of rotatable bonds is 5. The molecule has 0 amide bonds. The number of methoxy groups -OCH3 is 1. The summed E-state index contributed by atoms with van der Waals surface area (Å²) in [4.78, 5) is 0. The van der Waals surface area contributed by atoms with Crippen LogP contribution in [0.3, 0.4) is 0 Å². The minimum absolute atomic E-state index is 0.133. The number of nitrogens with two attached hydrogens (primary N) is 1. The van der Waals surface area contributed by atoms with Crippen molar-refractivity contribution in [2.45, 2.75) is 19.4 Å². The van der Waals surface area contributed by atoms with E-state index in [2.05, 4.69) is 55.5 Å². The highest BCUT2D eigenvalue weighted by Gasteiger charge is 2.06. The van der Waals surface area contributed by atoms with E-state index in [-0.39, 0.29) is 6.10 Å². The molecule has 2 N–H and O–H groups in total. The summed E-state index contributed by atoms with van der Waals surface area (Å²) in [6.07, 6.45) is 1.04. The molecule has 2 heteroatoms. The fraction of sp³-hybridized carbons (Fsp3) is 0.294. The Hall–Kier alpha value is -1.64. The maximum atomic E-state index is 5.67. The van der Waals surface area contributed by atoms with Crippen LogP contribution in [0.15, 0.2) is 48.5 Å². The second-order valence-corrected chi connectivity index (χ2v) is 4.70. The molecular formula is C17H21NO. The highest BCUT2D eigenvalue weighted by molar-refractivity contribution is 5.67. The first kappa shape index (κ1) is 13.8. The van der Waals surface area contributed by atoms with Gasteiger partial charge in [-0.05, 0) is 42.1 Å². The predicted octanol–water partition coefficient (Wildman–Crippen LogP) is 3.56. The van der Waals surface area contributed by atoms with E-state index in [1.165, 1.54) is 22.3 Å². The lowest BCUT2D eigenvalue weighted by molar-refractivity contribution is 0.119. The van der Waals surface area contributed by atoms with Crippen LogP contribution in [0.5, 0.6) is 0 Å². The molecule has 0 bridgehead atoms. The molecule has 0 fully saturated rings. The standard InChI is InChI=1S/C17H21NO/c1-13(19-2)14-7-9-16(10-8-14)17-6-4-3-5-15(17)11-12-18/h3-10,13H,11-12,18H2,1-2H3. The van der Waals surface area contributed by atoms with Crippen LogP contribution in [0.1, 0.15) is 24.2 Å². The van der Waals surface area contributed by atoms with E-state index in [1.54, 1.807) is 7.11 Å². The van der Waals surface area contributed by atoms with Crippen LogP contribution in [-0.2, 0) is 11.2 Å². The van der Waals surface area contributed by atoms with E-state index in [0.717, 1.165) is 6.42 Å². The maximum absolute atomic E-state index is 5.67. The molecule has 2 aromatic carbocycles. The third kappa shape index (κ3) is 3.22. The van der Waals surface area contributed by atoms with Crippen LogP contribution in [0.4, 0.5) is 0 Å². The van der Waals surface area contributed by atoms with Crippen LogP contribution >= 0.6 is 0 Å². The quantitative estimate of drug-likeness (QED) is 0.886. The highest BCUT2D eigenvalue weighted by atomic mass is 16.5. The fourth-order valence-electron chi connectivity index (χ4n) is 2.25. The lowest BCUT2D eigenvalue weighted by Crippen LogP contribution is -2.03. The van der Waals surface area contributed by atoms with Crippen LogP contribution in [-0.4, -0.2) is 13.7 Å². The van der Waals surface area contributed by atoms with E-state index in [4.69, 9.17) is 10.5 Å². The van der Waals surface area contributed by atoms with Crippen molar-refractivity contribution in [2.75, 3.05) is 13.7 Å². The molecule has 1 unspecified atom stereocenters. The number of benzene rings is 2. The first-order chi connectivity index (χ1) is 9.26. The average molecular weight is 255 g/mol. The molecule has 0 heterocycles. The normalized spacial score (nSPS) is 12.4. The monoisotopic (exact) mass is 255 g/mol. The van der Waals surface area contributed by atoms with Crippen molar-refractivity contribution in [3.05, 3.63) is 59.7 Å². The third-order valence-corrected chi connectivity index (χ3v) is 3.48. The summed E-state index contributed by atoms with van der Waals surface area (Å²) < 4.78 is 5.33. The fourth-order valence-corrected chi connectivity index (χ4v) is 2.25. The van der Waals surface area contributed by atoms with Crippen molar-refractivity contribution in [1.82, 2.24) is 0 Å². The lowest BCUT2D eigenvalue weighted by atomic mass is 9.96. The van der Waals surface area contributed by atoms with Crippen LogP contribution in [0.2, 0.25) is 0 Å². The van der Waals surface area contributed by atoms with Gasteiger partial charge in [-0.25, -0.2) is 0 Å². The molecule has 2 rings (SSSR count). The van der Waals surface area contributed by atoms with Crippen molar-refractivity contribution >= 4 is 0 Å². The third-order valence-electron chi connectivity index (χ3n) is 3.48. The molecule has 0 saturated carbocycles. The van der Waals surface area contributed by atoms with Gasteiger partial charge in [-0.1, -0.05) is 48.5 Å². The Morgan fingerprint density at radius 2 is 1.74 bits per heavy atom. The zero-order chi connectivity index (χ0) is 13.7. The molecular weight excluding hydrogens is 234 g/mol. The molecule has 0 aliphatic carbocycles. The minimum Gasteiger partial charge on any atom is -0.377 e. The van der Waals surface area contributed by atoms with Crippen LogP contribution in [0.25, 0.3) is 11.1 Å². The van der Waals surface area contributed by atoms with Gasteiger partial charge in [0, 0.05) is 7.11 Å². The second kappa shape index (κ2) is 6.50. The Bertz CT molecular complexity index is 519. The van der Waals surface area contributed by atoms with E-state index in [9.17, 15) is 0 Å². The Kier molecular flexibility index (Phi) is 4.72. The zero-order valence-corrected chi connectivity index (χ0v) is 11.6. The largest absolute Gasteiger partial charge is 0.377 e. The van der Waals surface area contributed by atoms with E-state index < -0.39 is 0 Å². The van der Waals surface area contributed by atoms with Gasteiger partial charge in [0.2, 0.25) is 0 Å². The summed E-state index contributed by atoms with van der Waals surface area (Å²) >= 11 is 0. The van der Waals surface area contributed by atoms with Gasteiger partial charge in [-0.2, -0.15) is 0 Å². The Balaban J connectivity index is 2.32. The number of hydrogen-bond acceptors (Lipinski definition) is 2. The van der Waals surface area contributed by atoms with Crippen LogP contribution < -0.4 is 5.73 Å². The maximum Gasteiger partial charge on any atom is 0.0793 e.